The first kappa shape index (κ1) is 12.1. The van der Waals surface area contributed by atoms with Crippen molar-refractivity contribution in [3.05, 3.63) is 0 Å². The van der Waals surface area contributed by atoms with Crippen molar-refractivity contribution in [3.63, 3.8) is 0 Å². The van der Waals surface area contributed by atoms with Crippen LogP contribution >= 0.6 is 0 Å². The van der Waals surface area contributed by atoms with E-state index in [-0.39, 0.29) is 30.5 Å². The SMILES string of the molecule is COC(C)(C)CCN1C(=O)CNCC1=O. The Balaban J connectivity index is 2.49. The van der Waals surface area contributed by atoms with Gasteiger partial charge in [0.1, 0.15) is 0 Å². The third kappa shape index (κ3) is 3.28. The summed E-state index contributed by atoms with van der Waals surface area (Å²) >= 11 is 0. The summed E-state index contributed by atoms with van der Waals surface area (Å²) in [7, 11) is 1.63. The maximum absolute atomic E-state index is 11.4. The highest BCUT2D eigenvalue weighted by molar-refractivity contribution is 5.99. The predicted molar refractivity (Wildman–Crippen MR) is 55.3 cm³/mol. The number of ether oxygens (including phenoxy) is 1. The summed E-state index contributed by atoms with van der Waals surface area (Å²) < 4.78 is 5.23. The fraction of sp³-hybridized carbons (Fsp3) is 0.800. The molecule has 0 aromatic heterocycles. The van der Waals surface area contributed by atoms with Crippen molar-refractivity contribution in [3.8, 4) is 0 Å². The Kier molecular flexibility index (Phi) is 3.82. The highest BCUT2D eigenvalue weighted by Gasteiger charge is 2.27. The quantitative estimate of drug-likeness (QED) is 0.656. The van der Waals surface area contributed by atoms with Crippen LogP contribution in [-0.2, 0) is 14.3 Å². The van der Waals surface area contributed by atoms with E-state index in [4.69, 9.17) is 4.74 Å². The van der Waals surface area contributed by atoms with Gasteiger partial charge in [0.2, 0.25) is 11.8 Å². The molecule has 0 saturated carbocycles. The third-order valence-corrected chi connectivity index (χ3v) is 2.64. The number of hydrogen-bond donors (Lipinski definition) is 1. The van der Waals surface area contributed by atoms with Gasteiger partial charge in [-0.3, -0.25) is 19.8 Å². The monoisotopic (exact) mass is 214 g/mol. The first-order chi connectivity index (χ1) is 6.96. The second-order valence-electron chi connectivity index (χ2n) is 4.26. The van der Waals surface area contributed by atoms with Gasteiger partial charge in [-0.1, -0.05) is 0 Å². The summed E-state index contributed by atoms with van der Waals surface area (Å²) in [5.41, 5.74) is -0.300. The zero-order valence-corrected chi connectivity index (χ0v) is 9.50. The molecule has 0 radical (unpaired) electrons. The fourth-order valence-electron chi connectivity index (χ4n) is 1.34. The summed E-state index contributed by atoms with van der Waals surface area (Å²) in [5, 5.41) is 2.75. The second kappa shape index (κ2) is 4.72. The molecule has 0 unspecified atom stereocenters. The molecule has 2 amide bonds. The van der Waals surface area contributed by atoms with Crippen LogP contribution in [-0.4, -0.2) is 49.1 Å². The van der Waals surface area contributed by atoms with Crippen molar-refractivity contribution >= 4 is 11.8 Å². The van der Waals surface area contributed by atoms with Gasteiger partial charge in [0, 0.05) is 13.7 Å². The molecule has 15 heavy (non-hydrogen) atoms. The molecular weight excluding hydrogens is 196 g/mol. The molecule has 1 aliphatic heterocycles. The molecule has 0 aromatic carbocycles. The standard InChI is InChI=1S/C10H18N2O3/c1-10(2,15-3)4-5-12-8(13)6-11-7-9(12)14/h11H,4-7H2,1-3H3. The summed E-state index contributed by atoms with van der Waals surface area (Å²) in [6.07, 6.45) is 0.654. The van der Waals surface area contributed by atoms with E-state index in [1.807, 2.05) is 13.8 Å². The molecule has 1 rings (SSSR count). The molecule has 0 bridgehead atoms. The van der Waals surface area contributed by atoms with Crippen LogP contribution in [0.15, 0.2) is 0 Å². The van der Waals surface area contributed by atoms with Gasteiger partial charge in [0.25, 0.3) is 0 Å². The minimum atomic E-state index is -0.300. The maximum atomic E-state index is 11.4. The van der Waals surface area contributed by atoms with Crippen molar-refractivity contribution in [1.29, 1.82) is 0 Å². The largest absolute Gasteiger partial charge is 0.379 e. The number of nitrogens with zero attached hydrogens (tertiary/aromatic N) is 1. The average molecular weight is 214 g/mol. The van der Waals surface area contributed by atoms with Gasteiger partial charge in [0.05, 0.1) is 18.7 Å². The Hall–Kier alpha value is -0.940. The minimum absolute atomic E-state index is 0.154. The number of carbonyl (C=O) groups is 2. The van der Waals surface area contributed by atoms with Gasteiger partial charge in [-0.2, -0.15) is 0 Å². The molecule has 0 aromatic rings. The van der Waals surface area contributed by atoms with E-state index in [1.54, 1.807) is 7.11 Å². The smallest absolute Gasteiger partial charge is 0.243 e. The number of hydrogen-bond acceptors (Lipinski definition) is 4. The lowest BCUT2D eigenvalue weighted by Gasteiger charge is -2.29. The van der Waals surface area contributed by atoms with Crippen molar-refractivity contribution < 1.29 is 14.3 Å². The van der Waals surface area contributed by atoms with E-state index in [9.17, 15) is 9.59 Å². The van der Waals surface area contributed by atoms with E-state index in [2.05, 4.69) is 5.32 Å². The topological polar surface area (TPSA) is 58.6 Å². The lowest BCUT2D eigenvalue weighted by Crippen LogP contribution is -2.53. The van der Waals surface area contributed by atoms with Crippen LogP contribution in [0.3, 0.4) is 0 Å². The molecular formula is C10H18N2O3. The maximum Gasteiger partial charge on any atom is 0.243 e. The molecule has 1 N–H and O–H groups in total. The van der Waals surface area contributed by atoms with E-state index in [1.165, 1.54) is 4.90 Å². The molecule has 1 fully saturated rings. The minimum Gasteiger partial charge on any atom is -0.379 e. The summed E-state index contributed by atoms with van der Waals surface area (Å²) in [4.78, 5) is 24.1. The van der Waals surface area contributed by atoms with E-state index in [0.29, 0.717) is 13.0 Å². The number of amides is 2. The molecule has 0 aliphatic carbocycles. The predicted octanol–water partition coefficient (Wildman–Crippen LogP) is -0.240. The second-order valence-corrected chi connectivity index (χ2v) is 4.26. The Morgan fingerprint density at radius 2 is 1.87 bits per heavy atom. The zero-order chi connectivity index (χ0) is 11.5. The third-order valence-electron chi connectivity index (χ3n) is 2.64. The molecule has 0 spiro atoms. The first-order valence-electron chi connectivity index (χ1n) is 5.05. The number of carbonyl (C=O) groups excluding carboxylic acids is 2. The van der Waals surface area contributed by atoms with E-state index >= 15 is 0 Å². The summed E-state index contributed by atoms with van der Waals surface area (Å²) in [6.45, 7) is 4.80. The molecule has 1 aliphatic rings. The van der Waals surface area contributed by atoms with Gasteiger partial charge >= 0.3 is 0 Å². The summed E-state index contributed by atoms with van der Waals surface area (Å²) in [5.74, 6) is -0.309. The molecule has 1 saturated heterocycles. The molecule has 5 nitrogen and oxygen atoms in total. The lowest BCUT2D eigenvalue weighted by atomic mass is 10.0. The number of rotatable bonds is 4. The van der Waals surface area contributed by atoms with Crippen LogP contribution < -0.4 is 5.32 Å². The van der Waals surface area contributed by atoms with E-state index < -0.39 is 0 Å². The highest BCUT2D eigenvalue weighted by Crippen LogP contribution is 2.14. The normalized spacial score (nSPS) is 18.5. The molecule has 5 heteroatoms. The van der Waals surface area contributed by atoms with Crippen molar-refractivity contribution in [2.24, 2.45) is 0 Å². The number of imide groups is 1. The zero-order valence-electron chi connectivity index (χ0n) is 9.50. The first-order valence-corrected chi connectivity index (χ1v) is 5.05. The Bertz CT molecular complexity index is 247. The van der Waals surface area contributed by atoms with E-state index in [0.717, 1.165) is 0 Å². The number of methoxy groups -OCH3 is 1. The van der Waals surface area contributed by atoms with Gasteiger partial charge in [-0.25, -0.2) is 0 Å². The van der Waals surface area contributed by atoms with Crippen LogP contribution in [0.4, 0.5) is 0 Å². The van der Waals surface area contributed by atoms with Crippen molar-refractivity contribution in [2.45, 2.75) is 25.9 Å². The fourth-order valence-corrected chi connectivity index (χ4v) is 1.34. The highest BCUT2D eigenvalue weighted by atomic mass is 16.5. The summed E-state index contributed by atoms with van der Waals surface area (Å²) in [6, 6.07) is 0. The lowest BCUT2D eigenvalue weighted by molar-refractivity contribution is -0.147. The van der Waals surface area contributed by atoms with Crippen molar-refractivity contribution in [2.75, 3.05) is 26.7 Å². The van der Waals surface area contributed by atoms with Crippen LogP contribution in [0.2, 0.25) is 0 Å². The van der Waals surface area contributed by atoms with Gasteiger partial charge < -0.3 is 4.74 Å². The van der Waals surface area contributed by atoms with Gasteiger partial charge in [0.15, 0.2) is 0 Å². The van der Waals surface area contributed by atoms with Crippen molar-refractivity contribution in [1.82, 2.24) is 10.2 Å². The van der Waals surface area contributed by atoms with Gasteiger partial charge in [-0.15, -0.1) is 0 Å². The van der Waals surface area contributed by atoms with Crippen LogP contribution in [0.1, 0.15) is 20.3 Å². The number of nitrogens with one attached hydrogen (secondary N) is 1. The van der Waals surface area contributed by atoms with Crippen LogP contribution in [0.5, 0.6) is 0 Å². The molecule has 1 heterocycles. The molecule has 0 atom stereocenters. The number of piperazine rings is 1. The Morgan fingerprint density at radius 3 is 2.33 bits per heavy atom. The molecule has 86 valence electrons. The Morgan fingerprint density at radius 1 is 1.33 bits per heavy atom. The van der Waals surface area contributed by atoms with Gasteiger partial charge in [-0.05, 0) is 20.3 Å². The van der Waals surface area contributed by atoms with Crippen LogP contribution in [0, 0.1) is 0 Å². The van der Waals surface area contributed by atoms with Crippen LogP contribution in [0.25, 0.3) is 0 Å². The Labute approximate surface area is 89.8 Å². The average Bonchev–Trinajstić information content (AvgIpc) is 2.17.